The third kappa shape index (κ3) is 4.42. The van der Waals surface area contributed by atoms with E-state index in [1.165, 1.54) is 0 Å². The molecule has 0 saturated heterocycles. The molecule has 2 atom stereocenters. The number of sulfone groups is 1. The summed E-state index contributed by atoms with van der Waals surface area (Å²) in [5.41, 5.74) is 1.95. The Labute approximate surface area is 161 Å². The molecule has 3 rings (SSSR count). The SMILES string of the molecule is Cc1ccc(S(=O)(=O)NC2CCCCC2S(=O)(=O)c2ccc(C)cc2)cc1. The molecule has 2 unspecified atom stereocenters. The van der Waals surface area contributed by atoms with Crippen molar-refractivity contribution in [2.24, 2.45) is 0 Å². The van der Waals surface area contributed by atoms with E-state index in [-0.39, 0.29) is 9.79 Å². The second kappa shape index (κ2) is 7.73. The number of hydrogen-bond donors (Lipinski definition) is 1. The molecule has 0 radical (unpaired) electrons. The van der Waals surface area contributed by atoms with Crippen LogP contribution in [0.2, 0.25) is 0 Å². The van der Waals surface area contributed by atoms with Crippen LogP contribution in [0.5, 0.6) is 0 Å². The molecular weight excluding hydrogens is 382 g/mol. The summed E-state index contributed by atoms with van der Waals surface area (Å²) < 4.78 is 54.5. The maximum atomic E-state index is 13.1. The van der Waals surface area contributed by atoms with Gasteiger partial charge in [-0.1, -0.05) is 48.2 Å². The van der Waals surface area contributed by atoms with Crippen molar-refractivity contribution >= 4 is 19.9 Å². The van der Waals surface area contributed by atoms with Crippen LogP contribution in [-0.2, 0) is 19.9 Å². The minimum absolute atomic E-state index is 0.158. The van der Waals surface area contributed by atoms with Gasteiger partial charge in [-0.3, -0.25) is 0 Å². The van der Waals surface area contributed by atoms with Crippen LogP contribution in [0.25, 0.3) is 0 Å². The fourth-order valence-corrected chi connectivity index (χ4v) is 6.87. The fourth-order valence-electron chi connectivity index (χ4n) is 3.49. The van der Waals surface area contributed by atoms with Gasteiger partial charge >= 0.3 is 0 Å². The molecule has 1 saturated carbocycles. The molecule has 1 fully saturated rings. The molecule has 1 aliphatic carbocycles. The second-order valence-corrected chi connectivity index (χ2v) is 11.1. The molecular formula is C20H25NO4S2. The van der Waals surface area contributed by atoms with E-state index in [1.807, 2.05) is 13.8 Å². The maximum absolute atomic E-state index is 13.1. The average Bonchev–Trinajstić information content (AvgIpc) is 2.62. The molecule has 0 aliphatic heterocycles. The summed E-state index contributed by atoms with van der Waals surface area (Å²) in [4.78, 5) is 0.407. The molecule has 2 aromatic carbocycles. The van der Waals surface area contributed by atoms with Crippen LogP contribution < -0.4 is 4.72 Å². The number of hydrogen-bond acceptors (Lipinski definition) is 4. The van der Waals surface area contributed by atoms with Gasteiger partial charge in [0.05, 0.1) is 15.0 Å². The molecule has 2 aromatic rings. The van der Waals surface area contributed by atoms with Gasteiger partial charge in [-0.05, 0) is 51.0 Å². The summed E-state index contributed by atoms with van der Waals surface area (Å²) in [5.74, 6) is 0. The Bertz CT molecular complexity index is 995. The highest BCUT2D eigenvalue weighted by molar-refractivity contribution is 7.92. The highest BCUT2D eigenvalue weighted by Crippen LogP contribution is 2.30. The highest BCUT2D eigenvalue weighted by atomic mass is 32.2. The molecule has 0 amide bonds. The van der Waals surface area contributed by atoms with Crippen molar-refractivity contribution in [2.75, 3.05) is 0 Å². The largest absolute Gasteiger partial charge is 0.240 e. The molecule has 5 nitrogen and oxygen atoms in total. The van der Waals surface area contributed by atoms with Gasteiger partial charge in [-0.25, -0.2) is 21.6 Å². The predicted octanol–water partition coefficient (Wildman–Crippen LogP) is 3.37. The van der Waals surface area contributed by atoms with E-state index in [0.29, 0.717) is 12.8 Å². The van der Waals surface area contributed by atoms with Crippen molar-refractivity contribution < 1.29 is 16.8 Å². The lowest BCUT2D eigenvalue weighted by Crippen LogP contribution is -2.48. The van der Waals surface area contributed by atoms with E-state index < -0.39 is 31.2 Å². The molecule has 0 heterocycles. The van der Waals surface area contributed by atoms with Crippen LogP contribution in [0, 0.1) is 13.8 Å². The first-order valence-corrected chi connectivity index (χ1v) is 12.1. The molecule has 1 N–H and O–H groups in total. The zero-order valence-corrected chi connectivity index (χ0v) is 17.2. The highest BCUT2D eigenvalue weighted by Gasteiger charge is 2.38. The van der Waals surface area contributed by atoms with Crippen molar-refractivity contribution in [1.82, 2.24) is 4.72 Å². The van der Waals surface area contributed by atoms with Crippen molar-refractivity contribution in [3.05, 3.63) is 59.7 Å². The number of benzene rings is 2. The van der Waals surface area contributed by atoms with E-state index in [4.69, 9.17) is 0 Å². The lowest BCUT2D eigenvalue weighted by molar-refractivity contribution is 0.406. The summed E-state index contributed by atoms with van der Waals surface area (Å²) in [7, 11) is -7.39. The topological polar surface area (TPSA) is 80.3 Å². The van der Waals surface area contributed by atoms with Crippen molar-refractivity contribution in [2.45, 2.75) is 60.6 Å². The Kier molecular flexibility index (Phi) is 5.74. The van der Waals surface area contributed by atoms with Crippen LogP contribution >= 0.6 is 0 Å². The Hall–Kier alpha value is -1.70. The third-order valence-corrected chi connectivity index (χ3v) is 8.88. The molecule has 146 valence electrons. The normalized spacial score (nSPS) is 21.1. The number of sulfonamides is 1. The maximum Gasteiger partial charge on any atom is 0.240 e. The molecule has 0 spiro atoms. The Morgan fingerprint density at radius 1 is 0.741 bits per heavy atom. The smallest absolute Gasteiger partial charge is 0.223 e. The van der Waals surface area contributed by atoms with Gasteiger partial charge in [-0.2, -0.15) is 0 Å². The van der Waals surface area contributed by atoms with Crippen LogP contribution in [0.1, 0.15) is 36.8 Å². The summed E-state index contributed by atoms with van der Waals surface area (Å²) in [6.45, 7) is 3.78. The first-order valence-electron chi connectivity index (χ1n) is 9.10. The van der Waals surface area contributed by atoms with E-state index >= 15 is 0 Å². The van der Waals surface area contributed by atoms with E-state index in [2.05, 4.69) is 4.72 Å². The van der Waals surface area contributed by atoms with Gasteiger partial charge in [0.2, 0.25) is 10.0 Å². The second-order valence-electron chi connectivity index (χ2n) is 7.22. The number of nitrogens with one attached hydrogen (secondary N) is 1. The number of aryl methyl sites for hydroxylation is 2. The van der Waals surface area contributed by atoms with Gasteiger partial charge in [0, 0.05) is 6.04 Å². The van der Waals surface area contributed by atoms with Gasteiger partial charge in [-0.15, -0.1) is 0 Å². The summed E-state index contributed by atoms with van der Waals surface area (Å²) >= 11 is 0. The monoisotopic (exact) mass is 407 g/mol. The van der Waals surface area contributed by atoms with E-state index in [1.54, 1.807) is 48.5 Å². The Morgan fingerprint density at radius 2 is 1.22 bits per heavy atom. The van der Waals surface area contributed by atoms with E-state index in [0.717, 1.165) is 24.0 Å². The summed E-state index contributed by atoms with van der Waals surface area (Å²) in [6, 6.07) is 12.7. The van der Waals surface area contributed by atoms with Gasteiger partial charge in [0.15, 0.2) is 9.84 Å². The zero-order valence-electron chi connectivity index (χ0n) is 15.6. The first-order chi connectivity index (χ1) is 12.7. The zero-order chi connectivity index (χ0) is 19.7. The molecule has 7 heteroatoms. The quantitative estimate of drug-likeness (QED) is 0.824. The minimum Gasteiger partial charge on any atom is -0.223 e. The summed E-state index contributed by atoms with van der Waals surface area (Å²) in [6.07, 6.45) is 2.55. The molecule has 27 heavy (non-hydrogen) atoms. The lowest BCUT2D eigenvalue weighted by Gasteiger charge is -2.31. The van der Waals surface area contributed by atoms with Crippen LogP contribution in [0.15, 0.2) is 58.3 Å². The van der Waals surface area contributed by atoms with Crippen LogP contribution in [0.3, 0.4) is 0 Å². The lowest BCUT2D eigenvalue weighted by atomic mass is 9.96. The number of rotatable bonds is 5. The molecule has 0 aromatic heterocycles. The standard InChI is InChI=1S/C20H25NO4S2/c1-15-7-11-17(12-8-15)26(22,23)20-6-4-3-5-19(20)21-27(24,25)18-13-9-16(2)10-14-18/h7-14,19-21H,3-6H2,1-2H3. The summed E-state index contributed by atoms with van der Waals surface area (Å²) in [5, 5.41) is -0.755. The van der Waals surface area contributed by atoms with Crippen LogP contribution in [0.4, 0.5) is 0 Å². The van der Waals surface area contributed by atoms with E-state index in [9.17, 15) is 16.8 Å². The van der Waals surface area contributed by atoms with Gasteiger partial charge in [0.25, 0.3) is 0 Å². The van der Waals surface area contributed by atoms with Crippen molar-refractivity contribution in [3.63, 3.8) is 0 Å². The van der Waals surface area contributed by atoms with Crippen molar-refractivity contribution in [1.29, 1.82) is 0 Å². The van der Waals surface area contributed by atoms with Gasteiger partial charge in [0.1, 0.15) is 0 Å². The van der Waals surface area contributed by atoms with Gasteiger partial charge < -0.3 is 0 Å². The minimum atomic E-state index is -3.77. The molecule has 0 bridgehead atoms. The average molecular weight is 408 g/mol. The Balaban J connectivity index is 1.89. The van der Waals surface area contributed by atoms with Crippen LogP contribution in [-0.4, -0.2) is 28.1 Å². The predicted molar refractivity (Wildman–Crippen MR) is 106 cm³/mol. The first kappa shape index (κ1) is 20.0. The fraction of sp³-hybridized carbons (Fsp3) is 0.400. The third-order valence-electron chi connectivity index (χ3n) is 5.09. The Morgan fingerprint density at radius 3 is 1.78 bits per heavy atom. The molecule has 1 aliphatic rings. The van der Waals surface area contributed by atoms with Crippen molar-refractivity contribution in [3.8, 4) is 0 Å².